The largest absolute Gasteiger partial charge is 0.394 e. The zero-order chi connectivity index (χ0) is 36.4. The van der Waals surface area contributed by atoms with Crippen LogP contribution in [-0.2, 0) is 4.79 Å². The Balaban J connectivity index is 3.63. The first-order chi connectivity index (χ1) is 24.7. The van der Waals surface area contributed by atoms with Crippen LogP contribution in [0.3, 0.4) is 0 Å². The van der Waals surface area contributed by atoms with Gasteiger partial charge in [-0.05, 0) is 70.6 Å². The van der Waals surface area contributed by atoms with E-state index in [0.717, 1.165) is 38.5 Å². The number of aliphatic hydroxyl groups excluding tert-OH is 2. The van der Waals surface area contributed by atoms with Crippen molar-refractivity contribution < 1.29 is 15.0 Å². The van der Waals surface area contributed by atoms with E-state index >= 15 is 0 Å². The lowest BCUT2D eigenvalue weighted by Crippen LogP contribution is -2.45. The summed E-state index contributed by atoms with van der Waals surface area (Å²) in [6.45, 7) is 4.29. The van der Waals surface area contributed by atoms with Gasteiger partial charge in [-0.25, -0.2) is 0 Å². The van der Waals surface area contributed by atoms with Crippen LogP contribution in [0.1, 0.15) is 219 Å². The molecule has 0 spiro atoms. The molecule has 4 heteroatoms. The van der Waals surface area contributed by atoms with Crippen LogP contribution in [0.4, 0.5) is 0 Å². The summed E-state index contributed by atoms with van der Waals surface area (Å²) in [5, 5.41) is 23.0. The molecule has 0 aliphatic rings. The monoisotopic (exact) mass is 700 g/mol. The SMILES string of the molecule is CCCCCCCCC/C=C/CC/C=C/CC/C=C/C(O)C(CO)NC(=O)CCCCCCCCCCC/C=C\CCCCCCCCCC. The van der Waals surface area contributed by atoms with Crippen LogP contribution in [-0.4, -0.2) is 34.9 Å². The first kappa shape index (κ1) is 48.3. The third-order valence-electron chi connectivity index (χ3n) is 9.76. The van der Waals surface area contributed by atoms with Crippen molar-refractivity contribution in [3.05, 3.63) is 48.6 Å². The van der Waals surface area contributed by atoms with Crippen molar-refractivity contribution in [2.24, 2.45) is 0 Å². The van der Waals surface area contributed by atoms with E-state index in [2.05, 4.69) is 55.6 Å². The van der Waals surface area contributed by atoms with Gasteiger partial charge in [-0.3, -0.25) is 4.79 Å². The number of carbonyl (C=O) groups excluding carboxylic acids is 1. The lowest BCUT2D eigenvalue weighted by atomic mass is 10.0. The number of rotatable bonds is 39. The maximum absolute atomic E-state index is 12.4. The van der Waals surface area contributed by atoms with E-state index in [1.54, 1.807) is 6.08 Å². The molecule has 2 unspecified atom stereocenters. The smallest absolute Gasteiger partial charge is 0.220 e. The Morgan fingerprint density at radius 2 is 0.780 bits per heavy atom. The van der Waals surface area contributed by atoms with Gasteiger partial charge in [0.2, 0.25) is 5.91 Å². The van der Waals surface area contributed by atoms with E-state index in [1.807, 2.05) is 6.08 Å². The Labute approximate surface area is 312 Å². The number of unbranched alkanes of at least 4 members (excludes halogenated alkanes) is 26. The minimum absolute atomic E-state index is 0.0808. The van der Waals surface area contributed by atoms with Crippen LogP contribution in [0.2, 0.25) is 0 Å². The van der Waals surface area contributed by atoms with Crippen molar-refractivity contribution in [3.63, 3.8) is 0 Å². The number of aliphatic hydroxyl groups is 2. The van der Waals surface area contributed by atoms with Crippen molar-refractivity contribution in [1.29, 1.82) is 0 Å². The highest BCUT2D eigenvalue weighted by Gasteiger charge is 2.17. The van der Waals surface area contributed by atoms with Crippen molar-refractivity contribution in [2.45, 2.75) is 231 Å². The molecular formula is C46H85NO3. The predicted octanol–water partition coefficient (Wildman–Crippen LogP) is 13.6. The zero-order valence-corrected chi connectivity index (χ0v) is 33.4. The third-order valence-corrected chi connectivity index (χ3v) is 9.76. The third kappa shape index (κ3) is 37.6. The fourth-order valence-electron chi connectivity index (χ4n) is 6.38. The highest BCUT2D eigenvalue weighted by atomic mass is 16.3. The summed E-state index contributed by atoms with van der Waals surface area (Å²) in [6, 6.07) is -0.646. The van der Waals surface area contributed by atoms with E-state index in [-0.39, 0.29) is 12.5 Å². The highest BCUT2D eigenvalue weighted by molar-refractivity contribution is 5.76. The number of allylic oxidation sites excluding steroid dienone is 7. The molecule has 0 saturated heterocycles. The first-order valence-corrected chi connectivity index (χ1v) is 21.9. The Kier molecular flexibility index (Phi) is 40.4. The number of carbonyl (C=O) groups is 1. The predicted molar refractivity (Wildman–Crippen MR) is 221 cm³/mol. The van der Waals surface area contributed by atoms with Crippen LogP contribution in [0.25, 0.3) is 0 Å². The average Bonchev–Trinajstić information content (AvgIpc) is 3.12. The molecule has 0 aromatic rings. The molecule has 0 heterocycles. The van der Waals surface area contributed by atoms with Crippen LogP contribution < -0.4 is 5.32 Å². The molecule has 0 rings (SSSR count). The van der Waals surface area contributed by atoms with E-state index in [1.165, 1.54) is 161 Å². The van der Waals surface area contributed by atoms with Gasteiger partial charge in [-0.2, -0.15) is 0 Å². The molecule has 0 saturated carbocycles. The number of amides is 1. The lowest BCUT2D eigenvalue weighted by Gasteiger charge is -2.19. The van der Waals surface area contributed by atoms with Gasteiger partial charge in [-0.1, -0.05) is 191 Å². The van der Waals surface area contributed by atoms with Crippen molar-refractivity contribution in [2.75, 3.05) is 6.61 Å². The van der Waals surface area contributed by atoms with E-state index in [4.69, 9.17) is 0 Å². The maximum atomic E-state index is 12.4. The molecule has 0 aliphatic carbocycles. The maximum Gasteiger partial charge on any atom is 0.220 e. The average molecular weight is 700 g/mol. The molecule has 0 aromatic carbocycles. The van der Waals surface area contributed by atoms with Gasteiger partial charge >= 0.3 is 0 Å². The second-order valence-electron chi connectivity index (χ2n) is 14.7. The summed E-state index contributed by atoms with van der Waals surface area (Å²) < 4.78 is 0. The summed E-state index contributed by atoms with van der Waals surface area (Å²) in [5.41, 5.74) is 0. The summed E-state index contributed by atoms with van der Waals surface area (Å²) in [6.07, 6.45) is 56.4. The van der Waals surface area contributed by atoms with Gasteiger partial charge in [0.05, 0.1) is 18.8 Å². The normalized spacial score (nSPS) is 13.4. The fourth-order valence-corrected chi connectivity index (χ4v) is 6.38. The molecule has 292 valence electrons. The molecule has 0 radical (unpaired) electrons. The van der Waals surface area contributed by atoms with Gasteiger partial charge in [0, 0.05) is 6.42 Å². The minimum Gasteiger partial charge on any atom is -0.394 e. The fraction of sp³-hybridized carbons (Fsp3) is 0.804. The minimum atomic E-state index is -0.870. The second kappa shape index (κ2) is 41.8. The van der Waals surface area contributed by atoms with E-state index in [9.17, 15) is 15.0 Å². The van der Waals surface area contributed by atoms with Gasteiger partial charge in [0.25, 0.3) is 0 Å². The summed E-state index contributed by atoms with van der Waals surface area (Å²) in [5.74, 6) is -0.0808. The molecule has 0 fully saturated rings. The van der Waals surface area contributed by atoms with Gasteiger partial charge in [-0.15, -0.1) is 0 Å². The van der Waals surface area contributed by atoms with Crippen LogP contribution in [0.15, 0.2) is 48.6 Å². The van der Waals surface area contributed by atoms with Gasteiger partial charge in [0.15, 0.2) is 0 Å². The molecule has 0 bridgehead atoms. The van der Waals surface area contributed by atoms with Gasteiger partial charge < -0.3 is 15.5 Å². The molecule has 50 heavy (non-hydrogen) atoms. The van der Waals surface area contributed by atoms with Crippen LogP contribution >= 0.6 is 0 Å². The molecule has 2 atom stereocenters. The molecule has 0 aliphatic heterocycles. The zero-order valence-electron chi connectivity index (χ0n) is 33.4. The molecule has 1 amide bonds. The van der Waals surface area contributed by atoms with Crippen LogP contribution in [0, 0.1) is 0 Å². The number of hydrogen-bond acceptors (Lipinski definition) is 3. The van der Waals surface area contributed by atoms with E-state index in [0.29, 0.717) is 6.42 Å². The van der Waals surface area contributed by atoms with Crippen molar-refractivity contribution in [1.82, 2.24) is 5.32 Å². The Bertz CT molecular complexity index is 801. The van der Waals surface area contributed by atoms with Crippen molar-refractivity contribution >= 4 is 5.91 Å². The molecule has 4 nitrogen and oxygen atoms in total. The first-order valence-electron chi connectivity index (χ1n) is 21.9. The molecule has 0 aromatic heterocycles. The topological polar surface area (TPSA) is 69.6 Å². The van der Waals surface area contributed by atoms with Gasteiger partial charge in [0.1, 0.15) is 0 Å². The Morgan fingerprint density at radius 1 is 0.460 bits per heavy atom. The second-order valence-corrected chi connectivity index (χ2v) is 14.7. The Morgan fingerprint density at radius 3 is 1.16 bits per heavy atom. The highest BCUT2D eigenvalue weighted by Crippen LogP contribution is 2.14. The number of nitrogens with one attached hydrogen (secondary N) is 1. The lowest BCUT2D eigenvalue weighted by molar-refractivity contribution is -0.123. The molecule has 3 N–H and O–H groups in total. The molecular weight excluding hydrogens is 615 g/mol. The summed E-state index contributed by atoms with van der Waals surface area (Å²) in [4.78, 5) is 12.4. The van der Waals surface area contributed by atoms with Crippen molar-refractivity contribution in [3.8, 4) is 0 Å². The van der Waals surface area contributed by atoms with E-state index < -0.39 is 12.1 Å². The quantitative estimate of drug-likeness (QED) is 0.0442. The summed E-state index contributed by atoms with van der Waals surface area (Å²) >= 11 is 0. The Hall–Kier alpha value is -1.65. The summed E-state index contributed by atoms with van der Waals surface area (Å²) in [7, 11) is 0. The standard InChI is InChI=1S/C46H85NO3/c1-3-5-7-9-11-13-15-17-19-21-22-23-24-26-28-30-32-34-36-38-40-42-46(50)47-44(43-48)45(49)41-39-37-35-33-31-29-27-25-20-18-16-14-12-10-8-6-4-2/h20-22,25,31,33,39,41,44-45,48-49H,3-19,23-24,26-30,32,34-38,40,42-43H2,1-2H3,(H,47,50)/b22-21-,25-20+,33-31+,41-39+. The van der Waals surface area contributed by atoms with Crippen LogP contribution in [0.5, 0.6) is 0 Å². The number of hydrogen-bond donors (Lipinski definition) is 3.